The molecule has 5 rings (SSSR count). The third-order valence-electron chi connectivity index (χ3n) is 7.31. The van der Waals surface area contributed by atoms with Crippen LogP contribution in [0.25, 0.3) is 0 Å². The van der Waals surface area contributed by atoms with Gasteiger partial charge in [-0.2, -0.15) is 0 Å². The highest BCUT2D eigenvalue weighted by molar-refractivity contribution is 6.11. The van der Waals surface area contributed by atoms with Crippen LogP contribution in [0, 0.1) is 0 Å². The first-order chi connectivity index (χ1) is 18.3. The summed E-state index contributed by atoms with van der Waals surface area (Å²) in [7, 11) is 0. The lowest BCUT2D eigenvalue weighted by molar-refractivity contribution is 0.0882. The molecule has 3 aromatic rings. The number of aromatic nitrogens is 1. The van der Waals surface area contributed by atoms with E-state index >= 15 is 0 Å². The number of phenolic OH excluding ortho intramolecular Hbond substituents is 1. The number of amides is 2. The zero-order chi connectivity index (χ0) is 26.7. The number of benzene rings is 2. The predicted molar refractivity (Wildman–Crippen MR) is 149 cm³/mol. The Morgan fingerprint density at radius 1 is 0.897 bits per heavy atom. The lowest BCUT2D eigenvalue weighted by Crippen LogP contribution is -2.54. The highest BCUT2D eigenvalue weighted by Crippen LogP contribution is 2.43. The quantitative estimate of drug-likeness (QED) is 0.285. The molecule has 2 amide bonds. The first kappa shape index (κ1) is 28.2. The van der Waals surface area contributed by atoms with Gasteiger partial charge in [0.05, 0.1) is 17.6 Å². The van der Waals surface area contributed by atoms with Crippen LogP contribution in [0.4, 0.5) is 0 Å². The van der Waals surface area contributed by atoms with Gasteiger partial charge in [0.1, 0.15) is 5.75 Å². The summed E-state index contributed by atoms with van der Waals surface area (Å²) >= 11 is 0. The second-order valence-corrected chi connectivity index (χ2v) is 10.0. The van der Waals surface area contributed by atoms with Gasteiger partial charge >= 0.3 is 0 Å². The van der Waals surface area contributed by atoms with Gasteiger partial charge in [0.15, 0.2) is 5.78 Å². The number of halogens is 1. The molecule has 2 fully saturated rings. The van der Waals surface area contributed by atoms with Crippen LogP contribution in [-0.2, 0) is 5.54 Å². The van der Waals surface area contributed by atoms with E-state index in [1.54, 1.807) is 60.9 Å². The van der Waals surface area contributed by atoms with E-state index in [1.165, 1.54) is 6.07 Å². The number of rotatable bonds is 7. The Morgan fingerprint density at radius 3 is 2.18 bits per heavy atom. The van der Waals surface area contributed by atoms with Crippen molar-refractivity contribution in [3.05, 3.63) is 94.8 Å². The number of nitrogens with two attached hydrogens (primary N) is 1. The minimum atomic E-state index is -0.423. The molecule has 2 aliphatic rings. The molecule has 2 atom stereocenters. The van der Waals surface area contributed by atoms with Crippen LogP contribution in [0.15, 0.2) is 67.0 Å². The first-order valence-corrected chi connectivity index (χ1v) is 12.8. The fourth-order valence-electron chi connectivity index (χ4n) is 4.76. The van der Waals surface area contributed by atoms with E-state index in [4.69, 9.17) is 5.73 Å². The van der Waals surface area contributed by atoms with Crippen LogP contribution in [0.1, 0.15) is 67.9 Å². The topological polar surface area (TPSA) is 146 Å². The predicted octanol–water partition coefficient (Wildman–Crippen LogP) is 2.67. The van der Waals surface area contributed by atoms with Crippen molar-refractivity contribution in [3.63, 3.8) is 0 Å². The fourth-order valence-corrected chi connectivity index (χ4v) is 4.76. The monoisotopic (exact) mass is 549 g/mol. The van der Waals surface area contributed by atoms with Crippen molar-refractivity contribution in [2.24, 2.45) is 5.73 Å². The van der Waals surface area contributed by atoms with Crippen LogP contribution in [0.3, 0.4) is 0 Å². The molecule has 0 spiro atoms. The molecule has 0 unspecified atom stereocenters. The Morgan fingerprint density at radius 2 is 1.51 bits per heavy atom. The van der Waals surface area contributed by atoms with Gasteiger partial charge < -0.3 is 26.8 Å². The molecule has 9 nitrogen and oxygen atoms in total. The van der Waals surface area contributed by atoms with Gasteiger partial charge in [-0.15, -0.1) is 12.4 Å². The number of carbonyl (C=O) groups is 3. The molecule has 1 saturated carbocycles. The summed E-state index contributed by atoms with van der Waals surface area (Å²) in [5.74, 6) is -0.957. The number of aromatic hydroxyl groups is 1. The van der Waals surface area contributed by atoms with Crippen LogP contribution in [0.5, 0.6) is 5.75 Å². The Hall–Kier alpha value is -3.79. The molecule has 6 N–H and O–H groups in total. The molecule has 2 aromatic carbocycles. The molecular weight excluding hydrogens is 518 g/mol. The Balaban J connectivity index is 0.00000353. The van der Waals surface area contributed by atoms with E-state index in [9.17, 15) is 19.5 Å². The number of nitrogens with zero attached hydrogens (tertiary/aromatic N) is 1. The summed E-state index contributed by atoms with van der Waals surface area (Å²) in [4.78, 5) is 42.9. The minimum absolute atomic E-state index is 0. The fraction of sp³-hybridized carbons (Fsp3) is 0.310. The summed E-state index contributed by atoms with van der Waals surface area (Å²) in [5, 5.41) is 19.7. The number of pyridine rings is 1. The summed E-state index contributed by atoms with van der Waals surface area (Å²) < 4.78 is 0. The normalized spacial score (nSPS) is 19.6. The molecule has 39 heavy (non-hydrogen) atoms. The Labute approximate surface area is 233 Å². The maximum Gasteiger partial charge on any atom is 0.251 e. The van der Waals surface area contributed by atoms with E-state index in [0.29, 0.717) is 29.7 Å². The van der Waals surface area contributed by atoms with Crippen LogP contribution >= 0.6 is 12.4 Å². The zero-order valence-electron chi connectivity index (χ0n) is 21.4. The van der Waals surface area contributed by atoms with Crippen molar-refractivity contribution in [1.82, 2.24) is 20.9 Å². The molecule has 204 valence electrons. The van der Waals surface area contributed by atoms with E-state index in [0.717, 1.165) is 31.4 Å². The van der Waals surface area contributed by atoms with Crippen molar-refractivity contribution in [2.75, 3.05) is 13.1 Å². The van der Waals surface area contributed by atoms with Crippen molar-refractivity contribution in [1.29, 1.82) is 0 Å². The van der Waals surface area contributed by atoms with Crippen LogP contribution in [0.2, 0.25) is 0 Å². The van der Waals surface area contributed by atoms with Crippen LogP contribution < -0.4 is 21.7 Å². The average molecular weight is 550 g/mol. The van der Waals surface area contributed by atoms with Gasteiger partial charge in [-0.05, 0) is 74.2 Å². The number of hydrogen-bond acceptors (Lipinski definition) is 7. The molecule has 2 heterocycles. The third kappa shape index (κ3) is 6.44. The van der Waals surface area contributed by atoms with Crippen molar-refractivity contribution < 1.29 is 19.5 Å². The van der Waals surface area contributed by atoms with E-state index in [2.05, 4.69) is 20.9 Å². The summed E-state index contributed by atoms with van der Waals surface area (Å²) in [6, 6.07) is 14.0. The first-order valence-electron chi connectivity index (χ1n) is 12.8. The van der Waals surface area contributed by atoms with Gasteiger partial charge in [-0.25, -0.2) is 0 Å². The van der Waals surface area contributed by atoms with E-state index < -0.39 is 5.54 Å². The van der Waals surface area contributed by atoms with Gasteiger partial charge in [-0.1, -0.05) is 18.2 Å². The summed E-state index contributed by atoms with van der Waals surface area (Å²) in [5.41, 5.74) is 8.12. The summed E-state index contributed by atoms with van der Waals surface area (Å²) in [6.07, 6.45) is 6.38. The molecule has 1 saturated heterocycles. The highest BCUT2D eigenvalue weighted by Gasteiger charge is 2.40. The van der Waals surface area contributed by atoms with Gasteiger partial charge in [0.25, 0.3) is 11.8 Å². The van der Waals surface area contributed by atoms with Crippen LogP contribution in [-0.4, -0.2) is 52.9 Å². The number of phenols is 1. The molecular formula is C29H32ClN5O4. The Kier molecular flexibility index (Phi) is 8.64. The number of ketones is 1. The average Bonchev–Trinajstić information content (AvgIpc) is 3.73. The molecule has 10 heteroatoms. The van der Waals surface area contributed by atoms with Crippen molar-refractivity contribution in [2.45, 2.75) is 43.3 Å². The maximum atomic E-state index is 13.1. The summed E-state index contributed by atoms with van der Waals surface area (Å²) in [6.45, 7) is 1.33. The maximum absolute atomic E-state index is 13.1. The molecule has 1 aliphatic heterocycles. The van der Waals surface area contributed by atoms with Crippen molar-refractivity contribution in [3.8, 4) is 5.75 Å². The largest absolute Gasteiger partial charge is 0.507 e. The molecule has 0 radical (unpaired) electrons. The van der Waals surface area contributed by atoms with Gasteiger partial charge in [0.2, 0.25) is 0 Å². The lowest BCUT2D eigenvalue weighted by Gasteiger charge is -2.27. The SMILES string of the molecule is Cl.NC1(c2ccc(O)c(C(=O)c3ccc(C(=O)N[C@@H]4CCCNC[C@H]4NC(=O)c4ccncc4)cc3)c2)CC1. The molecule has 1 aromatic heterocycles. The number of hydrogen-bond donors (Lipinski definition) is 5. The van der Waals surface area contributed by atoms with Gasteiger partial charge in [0, 0.05) is 41.2 Å². The van der Waals surface area contributed by atoms with E-state index in [-0.39, 0.29) is 53.4 Å². The minimum Gasteiger partial charge on any atom is -0.507 e. The number of nitrogens with one attached hydrogen (secondary N) is 3. The third-order valence-corrected chi connectivity index (χ3v) is 7.31. The smallest absolute Gasteiger partial charge is 0.251 e. The van der Waals surface area contributed by atoms with Crippen molar-refractivity contribution >= 4 is 30.0 Å². The second kappa shape index (κ2) is 11.9. The second-order valence-electron chi connectivity index (χ2n) is 10.0. The number of carbonyl (C=O) groups excluding carboxylic acids is 3. The molecule has 1 aliphatic carbocycles. The van der Waals surface area contributed by atoms with E-state index in [1.807, 2.05) is 0 Å². The zero-order valence-corrected chi connectivity index (χ0v) is 22.2. The highest BCUT2D eigenvalue weighted by atomic mass is 35.5. The van der Waals surface area contributed by atoms with Gasteiger partial charge in [-0.3, -0.25) is 19.4 Å². The Bertz CT molecular complexity index is 1350. The standard InChI is InChI=1S/C29H31N5O4.ClH/c30-29(11-12-29)21-7-8-25(35)22(16-21)26(36)18-3-5-19(6-4-18)27(37)33-23-2-1-13-32-17-24(23)34-28(38)20-9-14-31-15-10-20;/h3-10,14-16,23-24,32,35H,1-2,11-13,17,30H2,(H,33,37)(H,34,38);1H/t23-,24-;/m1./s1. The molecule has 0 bridgehead atoms. The lowest BCUT2D eigenvalue weighted by atomic mass is 9.96.